The van der Waals surface area contributed by atoms with E-state index in [9.17, 15) is 18.0 Å². The van der Waals surface area contributed by atoms with Crippen molar-refractivity contribution in [2.75, 3.05) is 13.2 Å². The summed E-state index contributed by atoms with van der Waals surface area (Å²) in [6, 6.07) is 0. The van der Waals surface area contributed by atoms with E-state index in [0.717, 1.165) is 12.1 Å². The van der Waals surface area contributed by atoms with Gasteiger partial charge in [-0.2, -0.15) is 13.2 Å². The first-order valence-electron chi connectivity index (χ1n) is 8.09. The van der Waals surface area contributed by atoms with Crippen molar-refractivity contribution in [2.24, 2.45) is 11.8 Å². The van der Waals surface area contributed by atoms with E-state index in [1.807, 2.05) is 26.8 Å². The number of ether oxygens (including phenoxy) is 1. The number of nitrogens with zero attached hydrogens (tertiary/aromatic N) is 3. The van der Waals surface area contributed by atoms with E-state index in [1.165, 1.54) is 0 Å². The molecule has 9 heteroatoms. The third kappa shape index (κ3) is 7.01. The van der Waals surface area contributed by atoms with Crippen molar-refractivity contribution in [1.29, 1.82) is 0 Å². The minimum absolute atomic E-state index is 0.269. The number of carbonyl (C=O) groups excluding carboxylic acids is 1. The Kier molecular flexibility index (Phi) is 7.85. The summed E-state index contributed by atoms with van der Waals surface area (Å²) in [4.78, 5) is 14.1. The molecule has 25 heavy (non-hydrogen) atoms. The van der Waals surface area contributed by atoms with Crippen molar-refractivity contribution in [3.63, 3.8) is 0 Å². The summed E-state index contributed by atoms with van der Waals surface area (Å²) in [5.74, 6) is 0.318. The molecule has 0 radical (unpaired) electrons. The third-order valence-electron chi connectivity index (χ3n) is 3.08. The molecule has 0 unspecified atom stereocenters. The SMILES string of the molecule is CCN(C(=O)COc1nnc(C(F)(F)F)s1)C(=CC(C)C)CC(C)C. The fraction of sp³-hybridized carbons (Fsp3) is 0.688. The molecular weight excluding hydrogens is 355 g/mol. The van der Waals surface area contributed by atoms with Crippen LogP contribution in [-0.2, 0) is 11.0 Å². The van der Waals surface area contributed by atoms with E-state index in [0.29, 0.717) is 12.5 Å². The smallest absolute Gasteiger partial charge is 0.445 e. The second kappa shape index (κ2) is 9.17. The highest BCUT2D eigenvalue weighted by Crippen LogP contribution is 2.33. The molecule has 0 bridgehead atoms. The van der Waals surface area contributed by atoms with E-state index >= 15 is 0 Å². The first-order valence-corrected chi connectivity index (χ1v) is 8.90. The zero-order valence-corrected chi connectivity index (χ0v) is 15.9. The van der Waals surface area contributed by atoms with Gasteiger partial charge in [-0.3, -0.25) is 4.79 Å². The maximum atomic E-state index is 12.5. The van der Waals surface area contributed by atoms with Crippen LogP contribution in [0, 0.1) is 11.8 Å². The molecule has 1 rings (SSSR count). The maximum absolute atomic E-state index is 12.5. The fourth-order valence-corrected chi connectivity index (χ4v) is 2.76. The molecule has 0 atom stereocenters. The van der Waals surface area contributed by atoms with E-state index < -0.39 is 11.2 Å². The molecule has 0 aliphatic heterocycles. The lowest BCUT2D eigenvalue weighted by Crippen LogP contribution is -2.35. The molecule has 0 saturated heterocycles. The molecule has 5 nitrogen and oxygen atoms in total. The Labute approximate surface area is 149 Å². The van der Waals surface area contributed by atoms with Gasteiger partial charge in [-0.05, 0) is 25.2 Å². The van der Waals surface area contributed by atoms with Crippen LogP contribution >= 0.6 is 11.3 Å². The van der Waals surface area contributed by atoms with Crippen LogP contribution in [0.5, 0.6) is 5.19 Å². The second-order valence-electron chi connectivity index (χ2n) is 6.30. The van der Waals surface area contributed by atoms with Crippen molar-refractivity contribution in [3.05, 3.63) is 16.8 Å². The zero-order chi connectivity index (χ0) is 19.2. The highest BCUT2D eigenvalue weighted by Gasteiger charge is 2.36. The van der Waals surface area contributed by atoms with Gasteiger partial charge in [0.05, 0.1) is 0 Å². The van der Waals surface area contributed by atoms with Gasteiger partial charge >= 0.3 is 6.18 Å². The van der Waals surface area contributed by atoms with Gasteiger partial charge in [0.25, 0.3) is 11.1 Å². The van der Waals surface area contributed by atoms with Crippen LogP contribution in [0.25, 0.3) is 0 Å². The number of aromatic nitrogens is 2. The molecule has 1 aromatic heterocycles. The molecule has 0 aliphatic rings. The number of halogens is 3. The van der Waals surface area contributed by atoms with Gasteiger partial charge in [-0.15, -0.1) is 5.10 Å². The quantitative estimate of drug-likeness (QED) is 0.673. The van der Waals surface area contributed by atoms with Crippen LogP contribution < -0.4 is 4.74 Å². The predicted octanol–water partition coefficient (Wildman–Crippen LogP) is 4.37. The number of alkyl halides is 3. The number of allylic oxidation sites excluding steroid dienone is 2. The van der Waals surface area contributed by atoms with Gasteiger partial charge < -0.3 is 9.64 Å². The van der Waals surface area contributed by atoms with Crippen molar-refractivity contribution >= 4 is 17.2 Å². The molecule has 0 aliphatic carbocycles. The number of amides is 1. The average molecular weight is 379 g/mol. The number of hydrogen-bond donors (Lipinski definition) is 0. The third-order valence-corrected chi connectivity index (χ3v) is 3.96. The Morgan fingerprint density at radius 2 is 1.92 bits per heavy atom. The fourth-order valence-electron chi connectivity index (χ4n) is 2.19. The van der Waals surface area contributed by atoms with Gasteiger partial charge in [-0.25, -0.2) is 0 Å². The molecule has 0 spiro atoms. The summed E-state index contributed by atoms with van der Waals surface area (Å²) in [6.45, 7) is 10.1. The van der Waals surface area contributed by atoms with Crippen molar-refractivity contribution in [1.82, 2.24) is 15.1 Å². The largest absolute Gasteiger partial charge is 0.459 e. The van der Waals surface area contributed by atoms with E-state index in [1.54, 1.807) is 4.90 Å². The average Bonchev–Trinajstić information content (AvgIpc) is 2.93. The highest BCUT2D eigenvalue weighted by molar-refractivity contribution is 7.13. The minimum Gasteiger partial charge on any atom is -0.459 e. The van der Waals surface area contributed by atoms with Crippen molar-refractivity contribution < 1.29 is 22.7 Å². The molecule has 0 N–H and O–H groups in total. The molecule has 0 fully saturated rings. The van der Waals surface area contributed by atoms with Crippen LogP contribution in [-0.4, -0.2) is 34.2 Å². The summed E-state index contributed by atoms with van der Waals surface area (Å²) < 4.78 is 42.6. The van der Waals surface area contributed by atoms with Gasteiger partial charge in [0.2, 0.25) is 5.01 Å². The summed E-state index contributed by atoms with van der Waals surface area (Å²) in [6.07, 6.45) is -1.81. The molecule has 0 aromatic carbocycles. The monoisotopic (exact) mass is 379 g/mol. The summed E-state index contributed by atoms with van der Waals surface area (Å²) >= 11 is 0.276. The lowest BCUT2D eigenvalue weighted by atomic mass is 10.0. The van der Waals surface area contributed by atoms with Crippen LogP contribution in [0.15, 0.2) is 11.8 Å². The van der Waals surface area contributed by atoms with Crippen LogP contribution in [0.4, 0.5) is 13.2 Å². The van der Waals surface area contributed by atoms with Crippen molar-refractivity contribution in [2.45, 2.75) is 47.2 Å². The molecular formula is C16H24F3N3O2S. The highest BCUT2D eigenvalue weighted by atomic mass is 32.1. The lowest BCUT2D eigenvalue weighted by molar-refractivity contribution is -0.138. The van der Waals surface area contributed by atoms with Gasteiger partial charge in [0, 0.05) is 12.2 Å². The predicted molar refractivity (Wildman–Crippen MR) is 90.2 cm³/mol. The normalized spacial score (nSPS) is 12.8. The Balaban J connectivity index is 2.79. The number of rotatable bonds is 8. The molecule has 1 amide bonds. The number of carbonyl (C=O) groups is 1. The molecule has 1 heterocycles. The van der Waals surface area contributed by atoms with E-state index in [-0.39, 0.29) is 35.0 Å². The maximum Gasteiger partial charge on any atom is 0.445 e. The van der Waals surface area contributed by atoms with Gasteiger partial charge in [0.15, 0.2) is 6.61 Å². The first-order chi connectivity index (χ1) is 11.5. The van der Waals surface area contributed by atoms with Crippen molar-refractivity contribution in [3.8, 4) is 5.19 Å². The van der Waals surface area contributed by atoms with E-state index in [2.05, 4.69) is 24.0 Å². The number of hydrogen-bond acceptors (Lipinski definition) is 5. The van der Waals surface area contributed by atoms with Gasteiger partial charge in [-0.1, -0.05) is 50.2 Å². The standard InChI is InChI=1S/C16H24F3N3O2S/c1-6-22(12(7-10(2)3)8-11(4)5)13(23)9-24-15-21-20-14(25-15)16(17,18)19/h7,10-11H,6,8-9H2,1-5H3. The van der Waals surface area contributed by atoms with Crippen LogP contribution in [0.3, 0.4) is 0 Å². The Hall–Kier alpha value is -1.64. The Morgan fingerprint density at radius 1 is 1.28 bits per heavy atom. The molecule has 1 aromatic rings. The Morgan fingerprint density at radius 3 is 2.36 bits per heavy atom. The van der Waals surface area contributed by atoms with Crippen LogP contribution in [0.2, 0.25) is 0 Å². The van der Waals surface area contributed by atoms with Gasteiger partial charge in [0.1, 0.15) is 0 Å². The summed E-state index contributed by atoms with van der Waals surface area (Å²) in [5, 5.41) is 4.99. The summed E-state index contributed by atoms with van der Waals surface area (Å²) in [7, 11) is 0. The van der Waals surface area contributed by atoms with Crippen LogP contribution in [0.1, 0.15) is 46.0 Å². The first kappa shape index (κ1) is 21.4. The Bertz CT molecular complexity index is 598. The number of likely N-dealkylation sites (N-methyl/N-ethyl adjacent to an activating group) is 1. The lowest BCUT2D eigenvalue weighted by Gasteiger charge is -2.26. The molecule has 0 saturated carbocycles. The summed E-state index contributed by atoms with van der Waals surface area (Å²) in [5.41, 5.74) is 0.898. The minimum atomic E-state index is -4.57. The second-order valence-corrected chi connectivity index (χ2v) is 7.24. The topological polar surface area (TPSA) is 55.3 Å². The molecule has 142 valence electrons. The zero-order valence-electron chi connectivity index (χ0n) is 15.1. The van der Waals surface area contributed by atoms with E-state index in [4.69, 9.17) is 4.74 Å².